The topological polar surface area (TPSA) is 52.3 Å². The molecule has 0 spiro atoms. The van der Waals surface area contributed by atoms with Gasteiger partial charge in [-0.25, -0.2) is 0 Å². The second-order valence-corrected chi connectivity index (χ2v) is 2.54. The zero-order valence-corrected chi connectivity index (χ0v) is 7.07. The smallest absolute Gasteiger partial charge is 0.453 e. The molecule has 0 aromatic carbocycles. The molecule has 0 aliphatic heterocycles. The van der Waals surface area contributed by atoms with Gasteiger partial charge in [0.1, 0.15) is 6.04 Å². The Morgan fingerprint density at radius 3 is 2.07 bits per heavy atom. The zero-order chi connectivity index (χ0) is 11.6. The predicted octanol–water partition coefficient (Wildman–Crippen LogP) is 1.07. The van der Waals surface area contributed by atoms with Crippen LogP contribution in [-0.2, 0) is 9.53 Å². The molecule has 0 fully saturated rings. The van der Waals surface area contributed by atoms with Crippen LogP contribution in [0.4, 0.5) is 22.0 Å². The lowest BCUT2D eigenvalue weighted by Crippen LogP contribution is -2.45. The van der Waals surface area contributed by atoms with Crippen LogP contribution in [0, 0.1) is 0 Å². The average molecular weight is 221 g/mol. The van der Waals surface area contributed by atoms with E-state index in [1.807, 2.05) is 0 Å². The largest absolute Gasteiger partial charge is 0.468 e. The Morgan fingerprint density at radius 2 is 1.79 bits per heavy atom. The highest BCUT2D eigenvalue weighted by atomic mass is 19.4. The van der Waals surface area contributed by atoms with Crippen molar-refractivity contribution in [1.29, 1.82) is 0 Å². The summed E-state index contributed by atoms with van der Waals surface area (Å²) in [6.07, 6.45) is -7.53. The molecular formula is C6H8F5NO2. The fourth-order valence-electron chi connectivity index (χ4n) is 0.627. The van der Waals surface area contributed by atoms with Crippen molar-refractivity contribution >= 4 is 5.97 Å². The van der Waals surface area contributed by atoms with Gasteiger partial charge >= 0.3 is 18.1 Å². The van der Waals surface area contributed by atoms with Crippen molar-refractivity contribution in [3.63, 3.8) is 0 Å². The van der Waals surface area contributed by atoms with Crippen LogP contribution in [0.15, 0.2) is 0 Å². The maximum absolute atomic E-state index is 12.3. The van der Waals surface area contributed by atoms with E-state index in [0.29, 0.717) is 0 Å². The van der Waals surface area contributed by atoms with Crippen molar-refractivity contribution in [2.75, 3.05) is 7.11 Å². The van der Waals surface area contributed by atoms with E-state index in [0.717, 1.165) is 7.11 Å². The van der Waals surface area contributed by atoms with E-state index in [4.69, 9.17) is 5.73 Å². The third kappa shape index (κ3) is 3.09. The van der Waals surface area contributed by atoms with Crippen LogP contribution in [0.1, 0.15) is 6.42 Å². The van der Waals surface area contributed by atoms with Crippen LogP contribution in [0.5, 0.6) is 0 Å². The maximum atomic E-state index is 12.3. The van der Waals surface area contributed by atoms with E-state index >= 15 is 0 Å². The quantitative estimate of drug-likeness (QED) is 0.573. The van der Waals surface area contributed by atoms with E-state index in [2.05, 4.69) is 4.74 Å². The number of esters is 1. The molecule has 14 heavy (non-hydrogen) atoms. The maximum Gasteiger partial charge on any atom is 0.453 e. The van der Waals surface area contributed by atoms with Crippen molar-refractivity contribution in [3.05, 3.63) is 0 Å². The Balaban J connectivity index is 4.44. The molecule has 0 unspecified atom stereocenters. The summed E-state index contributed by atoms with van der Waals surface area (Å²) in [6, 6.07) is -1.99. The predicted molar refractivity (Wildman–Crippen MR) is 35.6 cm³/mol. The van der Waals surface area contributed by atoms with Crippen molar-refractivity contribution in [1.82, 2.24) is 0 Å². The number of methoxy groups -OCH3 is 1. The molecule has 84 valence electrons. The number of carbonyl (C=O) groups is 1. The number of nitrogens with two attached hydrogens (primary N) is 1. The van der Waals surface area contributed by atoms with Crippen LogP contribution < -0.4 is 5.73 Å². The zero-order valence-electron chi connectivity index (χ0n) is 7.07. The van der Waals surface area contributed by atoms with Gasteiger partial charge in [0.2, 0.25) is 0 Å². The van der Waals surface area contributed by atoms with Gasteiger partial charge in [0.05, 0.1) is 7.11 Å². The highest BCUT2D eigenvalue weighted by Crippen LogP contribution is 2.38. The Bertz CT molecular complexity index is 215. The Morgan fingerprint density at radius 1 is 1.36 bits per heavy atom. The van der Waals surface area contributed by atoms with Crippen LogP contribution in [0.2, 0.25) is 0 Å². The van der Waals surface area contributed by atoms with Gasteiger partial charge in [-0.1, -0.05) is 0 Å². The lowest BCUT2D eigenvalue weighted by Gasteiger charge is -2.21. The summed E-state index contributed by atoms with van der Waals surface area (Å²) in [4.78, 5) is 10.5. The first kappa shape index (κ1) is 13.1. The van der Waals surface area contributed by atoms with Crippen LogP contribution in [-0.4, -0.2) is 31.2 Å². The van der Waals surface area contributed by atoms with E-state index in [-0.39, 0.29) is 0 Å². The molecule has 1 atom stereocenters. The molecule has 0 aromatic rings. The third-order valence-electron chi connectivity index (χ3n) is 1.39. The van der Waals surface area contributed by atoms with E-state index in [1.54, 1.807) is 0 Å². The van der Waals surface area contributed by atoms with Crippen molar-refractivity contribution in [3.8, 4) is 0 Å². The first-order valence-electron chi connectivity index (χ1n) is 3.40. The minimum Gasteiger partial charge on any atom is -0.468 e. The number of carbonyl (C=O) groups excluding carboxylic acids is 1. The van der Waals surface area contributed by atoms with Gasteiger partial charge in [-0.15, -0.1) is 0 Å². The second kappa shape index (κ2) is 4.07. The monoisotopic (exact) mass is 221 g/mol. The standard InChI is InChI=1S/C6H8F5NO2/c1-14-4(13)3(12)2-5(7,8)6(9,10)11/h3H,2,12H2,1H3/t3-/m0/s1. The lowest BCUT2D eigenvalue weighted by molar-refractivity contribution is -0.285. The SMILES string of the molecule is COC(=O)[C@@H](N)CC(F)(F)C(F)(F)F. The molecule has 3 nitrogen and oxygen atoms in total. The Kier molecular flexibility index (Phi) is 3.81. The molecule has 0 aliphatic rings. The molecule has 0 bridgehead atoms. The fourth-order valence-corrected chi connectivity index (χ4v) is 0.627. The number of hydrogen-bond acceptors (Lipinski definition) is 3. The highest BCUT2D eigenvalue weighted by molar-refractivity contribution is 5.75. The summed E-state index contributed by atoms with van der Waals surface area (Å²) >= 11 is 0. The molecule has 0 aromatic heterocycles. The van der Waals surface area contributed by atoms with Crippen molar-refractivity contribution < 1.29 is 31.5 Å². The number of rotatable bonds is 3. The number of halogens is 5. The first-order chi connectivity index (χ1) is 6.12. The summed E-state index contributed by atoms with van der Waals surface area (Å²) in [5.74, 6) is -6.30. The van der Waals surface area contributed by atoms with Crippen molar-refractivity contribution in [2.45, 2.75) is 24.6 Å². The van der Waals surface area contributed by atoms with E-state index in [1.165, 1.54) is 0 Å². The number of hydrogen-bond donors (Lipinski definition) is 1. The third-order valence-corrected chi connectivity index (χ3v) is 1.39. The summed E-state index contributed by atoms with van der Waals surface area (Å²) in [5, 5.41) is 0. The van der Waals surface area contributed by atoms with Crippen LogP contribution in [0.3, 0.4) is 0 Å². The number of alkyl halides is 5. The molecule has 0 radical (unpaired) electrons. The van der Waals surface area contributed by atoms with Gasteiger partial charge in [0.15, 0.2) is 0 Å². The number of ether oxygens (including phenoxy) is 1. The van der Waals surface area contributed by atoms with Crippen LogP contribution >= 0.6 is 0 Å². The molecule has 0 saturated carbocycles. The summed E-state index contributed by atoms with van der Waals surface area (Å²) < 4.78 is 63.2. The van der Waals surface area contributed by atoms with E-state index in [9.17, 15) is 26.7 Å². The van der Waals surface area contributed by atoms with Gasteiger partial charge in [0, 0.05) is 6.42 Å². The van der Waals surface area contributed by atoms with Gasteiger partial charge in [-0.05, 0) is 0 Å². The van der Waals surface area contributed by atoms with Crippen molar-refractivity contribution in [2.24, 2.45) is 5.73 Å². The van der Waals surface area contributed by atoms with Gasteiger partial charge in [-0.3, -0.25) is 4.79 Å². The molecule has 0 saturated heterocycles. The van der Waals surface area contributed by atoms with E-state index < -0.39 is 30.5 Å². The molecule has 0 heterocycles. The van der Waals surface area contributed by atoms with Gasteiger partial charge in [-0.2, -0.15) is 22.0 Å². The molecule has 2 N–H and O–H groups in total. The summed E-state index contributed by atoms with van der Waals surface area (Å²) in [5.41, 5.74) is 4.76. The molecule has 0 aliphatic carbocycles. The van der Waals surface area contributed by atoms with Gasteiger partial charge in [0.25, 0.3) is 0 Å². The summed E-state index contributed by atoms with van der Waals surface area (Å²) in [6.45, 7) is 0. The molecule has 0 rings (SSSR count). The molecule has 0 amide bonds. The second-order valence-electron chi connectivity index (χ2n) is 2.54. The summed E-state index contributed by atoms with van der Waals surface area (Å²) in [7, 11) is 0.841. The minimum absolute atomic E-state index is 0.841. The Labute approximate surface area is 76.0 Å². The molecular weight excluding hydrogens is 213 g/mol. The average Bonchev–Trinajstić information content (AvgIpc) is 2.00. The lowest BCUT2D eigenvalue weighted by atomic mass is 10.1. The highest BCUT2D eigenvalue weighted by Gasteiger charge is 2.58. The minimum atomic E-state index is -5.71. The normalized spacial score (nSPS) is 15.1. The van der Waals surface area contributed by atoms with Gasteiger partial charge < -0.3 is 10.5 Å². The first-order valence-corrected chi connectivity index (χ1v) is 3.40. The Hall–Kier alpha value is -0.920. The molecule has 8 heteroatoms. The fraction of sp³-hybridized carbons (Fsp3) is 0.833. The van der Waals surface area contributed by atoms with Crippen LogP contribution in [0.25, 0.3) is 0 Å².